The van der Waals surface area contributed by atoms with E-state index in [0.29, 0.717) is 29.9 Å². The molecule has 1 aromatic rings. The molecule has 4 heteroatoms. The number of benzene rings is 1. The van der Waals surface area contributed by atoms with Crippen molar-refractivity contribution >= 4 is 11.7 Å². The first kappa shape index (κ1) is 15.7. The van der Waals surface area contributed by atoms with Gasteiger partial charge in [0.1, 0.15) is 11.9 Å². The molecule has 0 bridgehead atoms. The Balaban J connectivity index is 1.71. The first-order valence-corrected chi connectivity index (χ1v) is 7.71. The fourth-order valence-electron chi connectivity index (χ4n) is 3.07. The molecule has 1 saturated carbocycles. The van der Waals surface area contributed by atoms with Crippen LogP contribution in [0.3, 0.4) is 0 Å². The molecule has 1 aliphatic rings. The fraction of sp³-hybridized carbons (Fsp3) is 0.588. The third-order valence-electron chi connectivity index (χ3n) is 3.92. The molecule has 2 unspecified atom stereocenters. The molecule has 1 aliphatic carbocycles. The summed E-state index contributed by atoms with van der Waals surface area (Å²) in [6.45, 7) is 4.74. The number of nitrogen functional groups attached to an aromatic ring is 1. The van der Waals surface area contributed by atoms with Crippen LogP contribution in [-0.4, -0.2) is 18.7 Å². The van der Waals surface area contributed by atoms with Crippen LogP contribution in [-0.2, 0) is 9.53 Å². The zero-order valence-corrected chi connectivity index (χ0v) is 12.9. The maximum atomic E-state index is 11.9. The molecule has 0 radical (unpaired) electrons. The lowest BCUT2D eigenvalue weighted by atomic mass is 9.82. The highest BCUT2D eigenvalue weighted by Crippen LogP contribution is 2.30. The van der Waals surface area contributed by atoms with Crippen molar-refractivity contribution in [2.45, 2.75) is 45.6 Å². The van der Waals surface area contributed by atoms with Gasteiger partial charge in [0.25, 0.3) is 0 Å². The van der Waals surface area contributed by atoms with Crippen molar-refractivity contribution in [3.63, 3.8) is 0 Å². The number of ether oxygens (including phenoxy) is 2. The van der Waals surface area contributed by atoms with E-state index in [9.17, 15) is 4.79 Å². The summed E-state index contributed by atoms with van der Waals surface area (Å²) in [4.78, 5) is 11.9. The van der Waals surface area contributed by atoms with Crippen LogP contribution in [0.1, 0.15) is 39.5 Å². The van der Waals surface area contributed by atoms with Gasteiger partial charge in [-0.3, -0.25) is 4.79 Å². The van der Waals surface area contributed by atoms with E-state index < -0.39 is 0 Å². The van der Waals surface area contributed by atoms with Crippen LogP contribution in [0.15, 0.2) is 24.3 Å². The summed E-state index contributed by atoms with van der Waals surface area (Å²) in [5.74, 6) is 1.69. The molecule has 116 valence electrons. The van der Waals surface area contributed by atoms with Gasteiger partial charge in [-0.15, -0.1) is 0 Å². The van der Waals surface area contributed by atoms with E-state index in [4.69, 9.17) is 15.2 Å². The normalized spacial score (nSPS) is 25.3. The lowest BCUT2D eigenvalue weighted by molar-refractivity contribution is -0.152. The molecule has 0 heterocycles. The molecule has 21 heavy (non-hydrogen) atoms. The van der Waals surface area contributed by atoms with Gasteiger partial charge in [-0.05, 0) is 43.2 Å². The second-order valence-corrected chi connectivity index (χ2v) is 6.17. The van der Waals surface area contributed by atoms with Crippen LogP contribution < -0.4 is 10.5 Å². The van der Waals surface area contributed by atoms with Gasteiger partial charge >= 0.3 is 5.97 Å². The summed E-state index contributed by atoms with van der Waals surface area (Å²) in [7, 11) is 0. The Hall–Kier alpha value is -1.71. The number of hydrogen-bond acceptors (Lipinski definition) is 4. The summed E-state index contributed by atoms with van der Waals surface area (Å²) in [6.07, 6.45) is 3.50. The number of para-hydroxylation sites is 2. The second kappa shape index (κ2) is 7.34. The van der Waals surface area contributed by atoms with Crippen molar-refractivity contribution in [1.82, 2.24) is 0 Å². The Morgan fingerprint density at radius 3 is 2.52 bits per heavy atom. The van der Waals surface area contributed by atoms with Crippen LogP contribution in [0.5, 0.6) is 5.75 Å². The van der Waals surface area contributed by atoms with Crippen molar-refractivity contribution in [1.29, 1.82) is 0 Å². The maximum Gasteiger partial charge on any atom is 0.309 e. The third kappa shape index (κ3) is 4.96. The zero-order valence-electron chi connectivity index (χ0n) is 12.9. The highest BCUT2D eigenvalue weighted by molar-refractivity contribution is 5.69. The molecule has 0 saturated heterocycles. The number of hydrogen-bond donors (Lipinski definition) is 1. The highest BCUT2D eigenvalue weighted by atomic mass is 16.5. The molecule has 4 nitrogen and oxygen atoms in total. The quantitative estimate of drug-likeness (QED) is 0.667. The van der Waals surface area contributed by atoms with Crippen LogP contribution >= 0.6 is 0 Å². The van der Waals surface area contributed by atoms with Crippen molar-refractivity contribution in [3.8, 4) is 5.75 Å². The molecular formula is C17H25NO3. The number of nitrogens with two attached hydrogens (primary N) is 1. The summed E-state index contributed by atoms with van der Waals surface area (Å²) in [6, 6.07) is 7.28. The molecule has 0 aromatic heterocycles. The Morgan fingerprint density at radius 2 is 1.86 bits per heavy atom. The third-order valence-corrected chi connectivity index (χ3v) is 3.92. The molecular weight excluding hydrogens is 266 g/mol. The van der Waals surface area contributed by atoms with Crippen LogP contribution in [0.25, 0.3) is 0 Å². The number of carbonyl (C=O) groups excluding carboxylic acids is 1. The van der Waals surface area contributed by atoms with Crippen molar-refractivity contribution in [3.05, 3.63) is 24.3 Å². The molecule has 2 rings (SSSR count). The predicted octanol–water partition coefficient (Wildman–Crippen LogP) is 3.41. The summed E-state index contributed by atoms with van der Waals surface area (Å²) in [5.41, 5.74) is 6.36. The molecule has 0 amide bonds. The topological polar surface area (TPSA) is 61.5 Å². The minimum absolute atomic E-state index is 0.0676. The fourth-order valence-corrected chi connectivity index (χ4v) is 3.07. The average Bonchev–Trinajstić information content (AvgIpc) is 2.39. The first-order chi connectivity index (χ1) is 10.0. The Kier molecular flexibility index (Phi) is 5.48. The molecule has 2 N–H and O–H groups in total. The summed E-state index contributed by atoms with van der Waals surface area (Å²) >= 11 is 0. The molecule has 0 aliphatic heterocycles. The summed E-state index contributed by atoms with van der Waals surface area (Å²) in [5, 5.41) is 0. The van der Waals surface area contributed by atoms with E-state index in [2.05, 4.69) is 13.8 Å². The maximum absolute atomic E-state index is 11.9. The highest BCUT2D eigenvalue weighted by Gasteiger charge is 2.26. The van der Waals surface area contributed by atoms with Gasteiger partial charge in [0.2, 0.25) is 0 Å². The predicted molar refractivity (Wildman–Crippen MR) is 83.0 cm³/mol. The number of esters is 1. The standard InChI is InChI=1S/C17H25NO3/c1-12-9-13(2)11-14(10-12)21-17(19)7-8-20-16-6-4-3-5-15(16)18/h3-6,12-14H,7-11,18H2,1-2H3. The van der Waals surface area contributed by atoms with Crippen LogP contribution in [0, 0.1) is 11.8 Å². The Labute approximate surface area is 126 Å². The van der Waals surface area contributed by atoms with Crippen molar-refractivity contribution in [2.24, 2.45) is 11.8 Å². The lowest BCUT2D eigenvalue weighted by Gasteiger charge is -2.31. The van der Waals surface area contributed by atoms with Gasteiger partial charge in [0, 0.05) is 0 Å². The minimum atomic E-state index is -0.184. The van der Waals surface area contributed by atoms with E-state index in [1.807, 2.05) is 12.1 Å². The first-order valence-electron chi connectivity index (χ1n) is 7.71. The zero-order chi connectivity index (χ0) is 15.2. The van der Waals surface area contributed by atoms with Gasteiger partial charge in [-0.2, -0.15) is 0 Å². The van der Waals surface area contributed by atoms with E-state index >= 15 is 0 Å². The number of carbonyl (C=O) groups is 1. The van der Waals surface area contributed by atoms with E-state index in [0.717, 1.165) is 12.8 Å². The monoisotopic (exact) mass is 291 g/mol. The smallest absolute Gasteiger partial charge is 0.309 e. The molecule has 0 spiro atoms. The average molecular weight is 291 g/mol. The van der Waals surface area contributed by atoms with Gasteiger partial charge in [0.15, 0.2) is 0 Å². The van der Waals surface area contributed by atoms with Gasteiger partial charge in [-0.25, -0.2) is 0 Å². The molecule has 1 aromatic carbocycles. The lowest BCUT2D eigenvalue weighted by Crippen LogP contribution is -2.28. The summed E-state index contributed by atoms with van der Waals surface area (Å²) < 4.78 is 11.1. The largest absolute Gasteiger partial charge is 0.491 e. The number of anilines is 1. The minimum Gasteiger partial charge on any atom is -0.491 e. The SMILES string of the molecule is CC1CC(C)CC(OC(=O)CCOc2ccccc2N)C1. The van der Waals surface area contributed by atoms with Crippen molar-refractivity contribution in [2.75, 3.05) is 12.3 Å². The Bertz CT molecular complexity index is 465. The van der Waals surface area contributed by atoms with Gasteiger partial charge < -0.3 is 15.2 Å². The van der Waals surface area contributed by atoms with Crippen LogP contribution in [0.2, 0.25) is 0 Å². The van der Waals surface area contributed by atoms with Crippen LogP contribution in [0.4, 0.5) is 5.69 Å². The van der Waals surface area contributed by atoms with Gasteiger partial charge in [-0.1, -0.05) is 26.0 Å². The second-order valence-electron chi connectivity index (χ2n) is 6.17. The number of rotatable bonds is 5. The van der Waals surface area contributed by atoms with Gasteiger partial charge in [0.05, 0.1) is 18.7 Å². The van der Waals surface area contributed by atoms with E-state index in [1.165, 1.54) is 6.42 Å². The van der Waals surface area contributed by atoms with Crippen molar-refractivity contribution < 1.29 is 14.3 Å². The molecule has 2 atom stereocenters. The Morgan fingerprint density at radius 1 is 1.19 bits per heavy atom. The molecule has 1 fully saturated rings. The van der Waals surface area contributed by atoms with E-state index in [-0.39, 0.29) is 18.5 Å². The van der Waals surface area contributed by atoms with E-state index in [1.54, 1.807) is 12.1 Å².